The summed E-state index contributed by atoms with van der Waals surface area (Å²) < 4.78 is 0. The fourth-order valence-corrected chi connectivity index (χ4v) is 2.37. The average Bonchev–Trinajstić information content (AvgIpc) is 2.41. The van der Waals surface area contributed by atoms with Crippen molar-refractivity contribution in [1.82, 2.24) is 9.97 Å². The Morgan fingerprint density at radius 3 is 2.68 bits per heavy atom. The standard InChI is InChI=1S/C14H8Cl2N2O/c15-8-1-2-11(16)10(7-8)9-5-6-17-12-3-4-13(19)18-14(9)12/h1-7H,(H,18,19). The van der Waals surface area contributed by atoms with E-state index >= 15 is 0 Å². The van der Waals surface area contributed by atoms with Gasteiger partial charge in [0.15, 0.2) is 0 Å². The van der Waals surface area contributed by atoms with Crippen LogP contribution in [-0.4, -0.2) is 9.97 Å². The molecule has 3 nitrogen and oxygen atoms in total. The Morgan fingerprint density at radius 2 is 1.84 bits per heavy atom. The van der Waals surface area contributed by atoms with E-state index in [0.717, 1.165) is 11.1 Å². The Bertz CT molecular complexity index is 827. The van der Waals surface area contributed by atoms with Gasteiger partial charge in [0.25, 0.3) is 0 Å². The minimum atomic E-state index is -0.181. The fraction of sp³-hybridized carbons (Fsp3) is 0. The molecule has 0 unspecified atom stereocenters. The molecule has 0 aliphatic rings. The summed E-state index contributed by atoms with van der Waals surface area (Å²) >= 11 is 12.2. The van der Waals surface area contributed by atoms with E-state index in [2.05, 4.69) is 9.97 Å². The summed E-state index contributed by atoms with van der Waals surface area (Å²) in [5, 5.41) is 1.16. The van der Waals surface area contributed by atoms with Crippen molar-refractivity contribution in [1.29, 1.82) is 0 Å². The normalized spacial score (nSPS) is 10.8. The van der Waals surface area contributed by atoms with Gasteiger partial charge in [0.1, 0.15) is 0 Å². The van der Waals surface area contributed by atoms with Crippen LogP contribution in [0.3, 0.4) is 0 Å². The number of hydrogen-bond donors (Lipinski definition) is 1. The van der Waals surface area contributed by atoms with Crippen LogP contribution in [0.2, 0.25) is 10.0 Å². The van der Waals surface area contributed by atoms with Crippen molar-refractivity contribution in [2.24, 2.45) is 0 Å². The maximum absolute atomic E-state index is 11.5. The Kier molecular flexibility index (Phi) is 3.01. The molecule has 0 fully saturated rings. The van der Waals surface area contributed by atoms with Crippen LogP contribution < -0.4 is 5.56 Å². The lowest BCUT2D eigenvalue weighted by Gasteiger charge is -2.08. The Morgan fingerprint density at radius 1 is 1.00 bits per heavy atom. The summed E-state index contributed by atoms with van der Waals surface area (Å²) in [5.41, 5.74) is 2.74. The largest absolute Gasteiger partial charge is 0.320 e. The Labute approximate surface area is 118 Å². The molecule has 0 radical (unpaired) electrons. The fourth-order valence-electron chi connectivity index (χ4n) is 1.98. The van der Waals surface area contributed by atoms with Crippen molar-refractivity contribution in [3.05, 3.63) is 63.0 Å². The molecule has 0 saturated carbocycles. The van der Waals surface area contributed by atoms with Crippen LogP contribution in [0, 0.1) is 0 Å². The second-order valence-electron chi connectivity index (χ2n) is 4.07. The zero-order chi connectivity index (χ0) is 13.4. The Hall–Kier alpha value is -1.84. The van der Waals surface area contributed by atoms with Gasteiger partial charge in [-0.1, -0.05) is 23.2 Å². The highest BCUT2D eigenvalue weighted by atomic mass is 35.5. The van der Waals surface area contributed by atoms with Crippen molar-refractivity contribution in [3.8, 4) is 11.1 Å². The number of aromatic nitrogens is 2. The number of aromatic amines is 1. The van der Waals surface area contributed by atoms with Gasteiger partial charge in [-0.3, -0.25) is 9.78 Å². The molecule has 0 aliphatic heterocycles. The lowest BCUT2D eigenvalue weighted by Crippen LogP contribution is -2.04. The van der Waals surface area contributed by atoms with Crippen LogP contribution in [0.25, 0.3) is 22.2 Å². The summed E-state index contributed by atoms with van der Waals surface area (Å²) in [4.78, 5) is 18.5. The van der Waals surface area contributed by atoms with Gasteiger partial charge < -0.3 is 4.98 Å². The summed E-state index contributed by atoms with van der Waals surface area (Å²) in [6.07, 6.45) is 1.67. The van der Waals surface area contributed by atoms with Crippen molar-refractivity contribution in [2.45, 2.75) is 0 Å². The van der Waals surface area contributed by atoms with Crippen LogP contribution in [0.15, 0.2) is 47.4 Å². The van der Waals surface area contributed by atoms with Gasteiger partial charge in [0, 0.05) is 33.4 Å². The molecule has 2 aromatic heterocycles. The molecule has 1 N–H and O–H groups in total. The third-order valence-corrected chi connectivity index (χ3v) is 3.40. The number of rotatable bonds is 1. The number of fused-ring (bicyclic) bond motifs is 1. The number of H-pyrrole nitrogens is 1. The number of nitrogens with zero attached hydrogens (tertiary/aromatic N) is 1. The first-order valence-corrected chi connectivity index (χ1v) is 6.34. The predicted octanol–water partition coefficient (Wildman–Crippen LogP) is 3.90. The maximum atomic E-state index is 11.5. The highest BCUT2D eigenvalue weighted by molar-refractivity contribution is 6.35. The number of nitrogens with one attached hydrogen (secondary N) is 1. The Balaban J connectivity index is 2.39. The molecular formula is C14H8Cl2N2O. The molecule has 19 heavy (non-hydrogen) atoms. The third kappa shape index (κ3) is 2.23. The number of pyridine rings is 2. The first-order chi connectivity index (χ1) is 9.15. The average molecular weight is 291 g/mol. The first kappa shape index (κ1) is 12.2. The zero-order valence-electron chi connectivity index (χ0n) is 9.65. The molecule has 3 rings (SSSR count). The molecule has 5 heteroatoms. The van der Waals surface area contributed by atoms with Crippen molar-refractivity contribution in [2.75, 3.05) is 0 Å². The molecule has 0 spiro atoms. The molecule has 2 heterocycles. The van der Waals surface area contributed by atoms with Crippen molar-refractivity contribution in [3.63, 3.8) is 0 Å². The molecule has 3 aromatic rings. The van der Waals surface area contributed by atoms with E-state index in [9.17, 15) is 4.79 Å². The van der Waals surface area contributed by atoms with Gasteiger partial charge >= 0.3 is 0 Å². The number of halogens is 2. The van der Waals surface area contributed by atoms with Crippen LogP contribution in [0.4, 0.5) is 0 Å². The van der Waals surface area contributed by atoms with Gasteiger partial charge in [0.2, 0.25) is 5.56 Å². The van der Waals surface area contributed by atoms with Gasteiger partial charge in [-0.15, -0.1) is 0 Å². The number of benzene rings is 1. The van der Waals surface area contributed by atoms with E-state index in [0.29, 0.717) is 21.1 Å². The second kappa shape index (κ2) is 4.68. The second-order valence-corrected chi connectivity index (χ2v) is 4.91. The van der Waals surface area contributed by atoms with Gasteiger partial charge in [0.05, 0.1) is 11.0 Å². The van der Waals surface area contributed by atoms with Crippen molar-refractivity contribution >= 4 is 34.2 Å². The number of hydrogen-bond acceptors (Lipinski definition) is 2. The summed E-state index contributed by atoms with van der Waals surface area (Å²) in [6, 6.07) is 10.1. The quantitative estimate of drug-likeness (QED) is 0.739. The lowest BCUT2D eigenvalue weighted by atomic mass is 10.0. The monoisotopic (exact) mass is 290 g/mol. The SMILES string of the molecule is O=c1ccc2nccc(-c3cc(Cl)ccc3Cl)c2[nH]1. The predicted molar refractivity (Wildman–Crippen MR) is 77.8 cm³/mol. The van der Waals surface area contributed by atoms with Gasteiger partial charge in [-0.25, -0.2) is 0 Å². The van der Waals surface area contributed by atoms with Crippen LogP contribution in [0.1, 0.15) is 0 Å². The van der Waals surface area contributed by atoms with Gasteiger partial charge in [-0.2, -0.15) is 0 Å². The molecular weight excluding hydrogens is 283 g/mol. The van der Waals surface area contributed by atoms with Crippen LogP contribution in [-0.2, 0) is 0 Å². The summed E-state index contributed by atoms with van der Waals surface area (Å²) in [5.74, 6) is 0. The zero-order valence-corrected chi connectivity index (χ0v) is 11.2. The summed E-state index contributed by atoms with van der Waals surface area (Å²) in [6.45, 7) is 0. The molecule has 0 bridgehead atoms. The topological polar surface area (TPSA) is 45.8 Å². The maximum Gasteiger partial charge on any atom is 0.248 e. The molecule has 0 amide bonds. The van der Waals surface area contributed by atoms with Crippen molar-refractivity contribution < 1.29 is 0 Å². The lowest BCUT2D eigenvalue weighted by molar-refractivity contribution is 1.27. The van der Waals surface area contributed by atoms with E-state index in [1.807, 2.05) is 0 Å². The van der Waals surface area contributed by atoms with Gasteiger partial charge in [-0.05, 0) is 30.3 Å². The van der Waals surface area contributed by atoms with E-state index in [-0.39, 0.29) is 5.56 Å². The minimum absolute atomic E-state index is 0.181. The minimum Gasteiger partial charge on any atom is -0.320 e. The van der Waals surface area contributed by atoms with Crippen LogP contribution in [0.5, 0.6) is 0 Å². The highest BCUT2D eigenvalue weighted by Crippen LogP contribution is 2.33. The van der Waals surface area contributed by atoms with Crippen LogP contribution >= 0.6 is 23.2 Å². The highest BCUT2D eigenvalue weighted by Gasteiger charge is 2.09. The third-order valence-electron chi connectivity index (χ3n) is 2.84. The molecule has 0 saturated heterocycles. The molecule has 1 aromatic carbocycles. The van der Waals surface area contributed by atoms with E-state index in [4.69, 9.17) is 23.2 Å². The van der Waals surface area contributed by atoms with E-state index < -0.39 is 0 Å². The van der Waals surface area contributed by atoms with E-state index in [1.165, 1.54) is 6.07 Å². The molecule has 94 valence electrons. The molecule has 0 aliphatic carbocycles. The summed E-state index contributed by atoms with van der Waals surface area (Å²) in [7, 11) is 0. The smallest absolute Gasteiger partial charge is 0.248 e. The first-order valence-electron chi connectivity index (χ1n) is 5.58. The van der Waals surface area contributed by atoms with E-state index in [1.54, 1.807) is 36.5 Å². The molecule has 0 atom stereocenters.